The second-order valence-corrected chi connectivity index (χ2v) is 7.04. The highest BCUT2D eigenvalue weighted by molar-refractivity contribution is 5.73. The number of nitrogens with two attached hydrogens (primary N) is 2. The Labute approximate surface area is 168 Å². The van der Waals surface area contributed by atoms with Crippen LogP contribution in [0.4, 0.5) is 4.79 Å². The fourth-order valence-corrected chi connectivity index (χ4v) is 2.58. The van der Waals surface area contributed by atoms with Crippen molar-refractivity contribution in [2.45, 2.75) is 31.7 Å². The number of benzene rings is 1. The van der Waals surface area contributed by atoms with Crippen molar-refractivity contribution in [2.24, 2.45) is 11.5 Å². The van der Waals surface area contributed by atoms with E-state index in [4.69, 9.17) is 11.5 Å². The first-order valence-electron chi connectivity index (χ1n) is 9.76. The van der Waals surface area contributed by atoms with E-state index in [1.807, 2.05) is 26.2 Å². The molecule has 158 valence electrons. The molecule has 8 heteroatoms. The van der Waals surface area contributed by atoms with Gasteiger partial charge in [0, 0.05) is 44.0 Å². The number of urea groups is 1. The predicted octanol–water partition coefficient (Wildman–Crippen LogP) is 0.683. The van der Waals surface area contributed by atoms with Gasteiger partial charge in [-0.2, -0.15) is 0 Å². The standard InChI is InChI=1S/C20H36N6O2/c1-26(2)18(13-16-5-7-19(27)8-6-16)15-25-20(28)24-12-9-17(22)14-23-11-4-3-10-21/h5-8,14,18,23,27H,3-4,9-13,15,21-22H2,1-2H3,(H2,24,25,28)/b17-14-. The minimum Gasteiger partial charge on any atom is -0.508 e. The summed E-state index contributed by atoms with van der Waals surface area (Å²) >= 11 is 0. The summed E-state index contributed by atoms with van der Waals surface area (Å²) in [5, 5.41) is 18.3. The van der Waals surface area contributed by atoms with E-state index in [0.29, 0.717) is 31.8 Å². The summed E-state index contributed by atoms with van der Waals surface area (Å²) in [6.45, 7) is 2.54. The zero-order valence-corrected chi connectivity index (χ0v) is 17.1. The van der Waals surface area contributed by atoms with Crippen LogP contribution in [-0.2, 0) is 6.42 Å². The number of phenolic OH excluding ortho intramolecular Hbond substituents is 1. The average molecular weight is 393 g/mol. The number of carbonyl (C=O) groups excluding carboxylic acids is 1. The van der Waals surface area contributed by atoms with Gasteiger partial charge in [-0.05, 0) is 57.6 Å². The molecule has 0 saturated carbocycles. The van der Waals surface area contributed by atoms with Crippen LogP contribution in [0.3, 0.4) is 0 Å². The number of amides is 2. The number of rotatable bonds is 13. The molecule has 0 radical (unpaired) electrons. The molecule has 8 N–H and O–H groups in total. The first kappa shape index (κ1) is 23.6. The highest BCUT2D eigenvalue weighted by atomic mass is 16.3. The molecule has 1 aromatic carbocycles. The van der Waals surface area contributed by atoms with Gasteiger partial charge in [0.05, 0.1) is 0 Å². The van der Waals surface area contributed by atoms with E-state index < -0.39 is 0 Å². The quantitative estimate of drug-likeness (QED) is 0.274. The number of carbonyl (C=O) groups is 1. The second-order valence-electron chi connectivity index (χ2n) is 7.04. The molecule has 2 amide bonds. The number of unbranched alkanes of at least 4 members (excludes halogenated alkanes) is 1. The normalized spacial score (nSPS) is 12.6. The van der Waals surface area contributed by atoms with Crippen molar-refractivity contribution >= 4 is 6.03 Å². The first-order chi connectivity index (χ1) is 13.4. The summed E-state index contributed by atoms with van der Waals surface area (Å²) in [7, 11) is 3.97. The Morgan fingerprint density at radius 2 is 1.89 bits per heavy atom. The summed E-state index contributed by atoms with van der Waals surface area (Å²) in [4.78, 5) is 14.1. The number of nitrogens with zero attached hydrogens (tertiary/aromatic N) is 1. The first-order valence-corrected chi connectivity index (χ1v) is 9.76. The lowest BCUT2D eigenvalue weighted by atomic mass is 10.1. The van der Waals surface area contributed by atoms with Crippen molar-refractivity contribution in [3.8, 4) is 5.75 Å². The van der Waals surface area contributed by atoms with Crippen molar-refractivity contribution in [1.82, 2.24) is 20.9 Å². The van der Waals surface area contributed by atoms with Crippen molar-refractivity contribution in [1.29, 1.82) is 0 Å². The number of hydrogen-bond acceptors (Lipinski definition) is 6. The van der Waals surface area contributed by atoms with E-state index in [0.717, 1.165) is 31.4 Å². The zero-order chi connectivity index (χ0) is 20.8. The Bertz CT molecular complexity index is 589. The van der Waals surface area contributed by atoms with E-state index in [-0.39, 0.29) is 17.8 Å². The van der Waals surface area contributed by atoms with Crippen LogP contribution < -0.4 is 27.4 Å². The molecule has 28 heavy (non-hydrogen) atoms. The Balaban J connectivity index is 2.27. The molecule has 8 nitrogen and oxygen atoms in total. The van der Waals surface area contributed by atoms with Gasteiger partial charge in [-0.25, -0.2) is 4.79 Å². The molecule has 1 aromatic rings. The van der Waals surface area contributed by atoms with E-state index in [9.17, 15) is 9.90 Å². The van der Waals surface area contributed by atoms with Gasteiger partial charge in [0.2, 0.25) is 0 Å². The van der Waals surface area contributed by atoms with Crippen molar-refractivity contribution in [3.63, 3.8) is 0 Å². The van der Waals surface area contributed by atoms with E-state index in [2.05, 4.69) is 20.9 Å². The Kier molecular flexibility index (Phi) is 11.5. The molecule has 1 rings (SSSR count). The van der Waals surface area contributed by atoms with E-state index >= 15 is 0 Å². The lowest BCUT2D eigenvalue weighted by molar-refractivity contribution is 0.232. The molecule has 0 aliphatic carbocycles. The summed E-state index contributed by atoms with van der Waals surface area (Å²) in [5.41, 5.74) is 13.2. The SMILES string of the molecule is CN(C)C(CNC(=O)NCC/C(N)=C/NCCCCN)Cc1ccc(O)cc1. The van der Waals surface area contributed by atoms with Crippen LogP contribution in [0.15, 0.2) is 36.2 Å². The molecule has 0 aromatic heterocycles. The second kappa shape index (κ2) is 13.7. The third-order valence-electron chi connectivity index (χ3n) is 4.40. The molecule has 1 unspecified atom stereocenters. The highest BCUT2D eigenvalue weighted by Crippen LogP contribution is 2.12. The molecule has 0 saturated heterocycles. The van der Waals surface area contributed by atoms with E-state index in [1.54, 1.807) is 18.3 Å². The van der Waals surface area contributed by atoms with Crippen LogP contribution in [0, 0.1) is 0 Å². The molecule has 0 aliphatic heterocycles. The van der Waals surface area contributed by atoms with Crippen LogP contribution in [0.1, 0.15) is 24.8 Å². The fourth-order valence-electron chi connectivity index (χ4n) is 2.58. The van der Waals surface area contributed by atoms with Gasteiger partial charge in [-0.3, -0.25) is 0 Å². The Hall–Kier alpha value is -2.45. The zero-order valence-electron chi connectivity index (χ0n) is 17.1. The summed E-state index contributed by atoms with van der Waals surface area (Å²) in [6.07, 6.45) is 5.15. The third-order valence-corrected chi connectivity index (χ3v) is 4.40. The number of phenols is 1. The molecule has 0 bridgehead atoms. The largest absolute Gasteiger partial charge is 0.508 e. The lowest BCUT2D eigenvalue weighted by Gasteiger charge is -2.25. The molecule has 0 heterocycles. The van der Waals surface area contributed by atoms with Gasteiger partial charge in [0.15, 0.2) is 0 Å². The van der Waals surface area contributed by atoms with Gasteiger partial charge < -0.3 is 37.4 Å². The lowest BCUT2D eigenvalue weighted by Crippen LogP contribution is -2.45. The molecule has 1 atom stereocenters. The maximum absolute atomic E-state index is 12.0. The van der Waals surface area contributed by atoms with Gasteiger partial charge in [0.25, 0.3) is 0 Å². The van der Waals surface area contributed by atoms with Crippen LogP contribution >= 0.6 is 0 Å². The molecule has 0 aliphatic rings. The predicted molar refractivity (Wildman–Crippen MR) is 114 cm³/mol. The van der Waals surface area contributed by atoms with Crippen molar-refractivity contribution in [3.05, 3.63) is 41.7 Å². The van der Waals surface area contributed by atoms with Crippen molar-refractivity contribution in [2.75, 3.05) is 40.3 Å². The minimum absolute atomic E-state index is 0.151. The van der Waals surface area contributed by atoms with Crippen LogP contribution in [0.25, 0.3) is 0 Å². The monoisotopic (exact) mass is 392 g/mol. The summed E-state index contributed by atoms with van der Waals surface area (Å²) in [6, 6.07) is 7.08. The number of nitrogens with one attached hydrogen (secondary N) is 3. The van der Waals surface area contributed by atoms with Gasteiger partial charge in [0.1, 0.15) is 5.75 Å². The van der Waals surface area contributed by atoms with Gasteiger partial charge in [-0.1, -0.05) is 12.1 Å². The Morgan fingerprint density at radius 1 is 1.18 bits per heavy atom. The minimum atomic E-state index is -0.207. The topological polar surface area (TPSA) is 129 Å². The van der Waals surface area contributed by atoms with Gasteiger partial charge in [-0.15, -0.1) is 0 Å². The molecular weight excluding hydrogens is 356 g/mol. The van der Waals surface area contributed by atoms with Crippen LogP contribution in [-0.4, -0.2) is 62.4 Å². The van der Waals surface area contributed by atoms with E-state index in [1.165, 1.54) is 0 Å². The highest BCUT2D eigenvalue weighted by Gasteiger charge is 2.13. The maximum atomic E-state index is 12.0. The number of hydrogen-bond donors (Lipinski definition) is 6. The molecule has 0 spiro atoms. The Morgan fingerprint density at radius 3 is 2.54 bits per heavy atom. The van der Waals surface area contributed by atoms with Crippen LogP contribution in [0.5, 0.6) is 5.75 Å². The fraction of sp³-hybridized carbons (Fsp3) is 0.550. The summed E-state index contributed by atoms with van der Waals surface area (Å²) < 4.78 is 0. The maximum Gasteiger partial charge on any atom is 0.314 e. The summed E-state index contributed by atoms with van der Waals surface area (Å²) in [5.74, 6) is 0.252. The molecular formula is C20H36N6O2. The van der Waals surface area contributed by atoms with Gasteiger partial charge >= 0.3 is 6.03 Å². The number of aromatic hydroxyl groups is 1. The molecule has 0 fully saturated rings. The average Bonchev–Trinajstić information content (AvgIpc) is 2.66. The smallest absolute Gasteiger partial charge is 0.314 e. The number of likely N-dealkylation sites (N-methyl/N-ethyl adjacent to an activating group) is 1. The van der Waals surface area contributed by atoms with Crippen molar-refractivity contribution < 1.29 is 9.90 Å². The third kappa shape index (κ3) is 10.6. The van der Waals surface area contributed by atoms with Crippen LogP contribution in [0.2, 0.25) is 0 Å².